The Morgan fingerprint density at radius 1 is 1.69 bits per heavy atom. The van der Waals surface area contributed by atoms with E-state index in [0.29, 0.717) is 0 Å². The molecular weight excluding hydrogens is 206 g/mol. The molecule has 0 bridgehead atoms. The van der Waals surface area contributed by atoms with Crippen LogP contribution in [0.25, 0.3) is 0 Å². The van der Waals surface area contributed by atoms with Crippen molar-refractivity contribution in [2.45, 2.75) is 25.3 Å². The van der Waals surface area contributed by atoms with Crippen LogP contribution in [-0.4, -0.2) is 33.2 Å². The molecule has 0 amide bonds. The maximum absolute atomic E-state index is 10.8. The number of carboxylic acid groups (broad SMARTS) is 1. The minimum atomic E-state index is -0.680. The quantitative estimate of drug-likeness (QED) is 0.759. The standard InChI is InChI=1S/C11H17N3O2/c1-14-7-6-13-10(14)4-5-12-9-3-2-8(9)11(15)16/h6-9,12H,2-5H2,1H3,(H,15,16). The van der Waals surface area contributed by atoms with Gasteiger partial charge in [-0.2, -0.15) is 0 Å². The Hall–Kier alpha value is -1.36. The summed E-state index contributed by atoms with van der Waals surface area (Å²) < 4.78 is 1.98. The van der Waals surface area contributed by atoms with Crippen molar-refractivity contribution >= 4 is 5.97 Å². The molecule has 5 heteroatoms. The molecule has 0 aromatic carbocycles. The highest BCUT2D eigenvalue weighted by atomic mass is 16.4. The Kier molecular flexibility index (Phi) is 3.24. The lowest BCUT2D eigenvalue weighted by molar-refractivity contribution is -0.146. The Morgan fingerprint density at radius 3 is 3.00 bits per heavy atom. The summed E-state index contributed by atoms with van der Waals surface area (Å²) >= 11 is 0. The molecule has 16 heavy (non-hydrogen) atoms. The lowest BCUT2D eigenvalue weighted by Gasteiger charge is -2.34. The second kappa shape index (κ2) is 4.65. The van der Waals surface area contributed by atoms with E-state index in [1.807, 2.05) is 17.8 Å². The number of carbonyl (C=O) groups is 1. The van der Waals surface area contributed by atoms with Crippen molar-refractivity contribution in [3.8, 4) is 0 Å². The predicted octanol–water partition coefficient (Wildman–Crippen LogP) is 0.415. The van der Waals surface area contributed by atoms with Crippen LogP contribution in [0.5, 0.6) is 0 Å². The normalized spacial score (nSPS) is 24.1. The number of hydrogen-bond donors (Lipinski definition) is 2. The van der Waals surface area contributed by atoms with Crippen molar-refractivity contribution in [3.05, 3.63) is 18.2 Å². The minimum absolute atomic E-state index is 0.151. The van der Waals surface area contributed by atoms with Gasteiger partial charge in [-0.15, -0.1) is 0 Å². The molecule has 2 rings (SSSR count). The number of carboxylic acids is 1. The fourth-order valence-corrected chi connectivity index (χ4v) is 2.05. The first-order valence-corrected chi connectivity index (χ1v) is 5.61. The molecule has 0 spiro atoms. The summed E-state index contributed by atoms with van der Waals surface area (Å²) in [6.45, 7) is 0.791. The first-order chi connectivity index (χ1) is 7.68. The molecule has 1 aromatic rings. The number of nitrogens with one attached hydrogen (secondary N) is 1. The predicted molar refractivity (Wildman–Crippen MR) is 59.1 cm³/mol. The molecule has 1 fully saturated rings. The maximum Gasteiger partial charge on any atom is 0.308 e. The van der Waals surface area contributed by atoms with Crippen molar-refractivity contribution in [3.63, 3.8) is 0 Å². The Balaban J connectivity index is 1.73. The maximum atomic E-state index is 10.8. The highest BCUT2D eigenvalue weighted by Crippen LogP contribution is 2.27. The lowest BCUT2D eigenvalue weighted by atomic mass is 9.79. The molecule has 0 aliphatic heterocycles. The summed E-state index contributed by atoms with van der Waals surface area (Å²) in [5.74, 6) is 0.154. The third-order valence-electron chi connectivity index (χ3n) is 3.27. The molecule has 1 aromatic heterocycles. The molecule has 0 radical (unpaired) electrons. The second-order valence-electron chi connectivity index (χ2n) is 4.29. The highest BCUT2D eigenvalue weighted by Gasteiger charge is 2.35. The Bertz CT molecular complexity index is 375. The largest absolute Gasteiger partial charge is 0.481 e. The highest BCUT2D eigenvalue weighted by molar-refractivity contribution is 5.72. The van der Waals surface area contributed by atoms with Crippen LogP contribution in [0.1, 0.15) is 18.7 Å². The molecule has 2 unspecified atom stereocenters. The van der Waals surface area contributed by atoms with E-state index in [4.69, 9.17) is 5.11 Å². The lowest BCUT2D eigenvalue weighted by Crippen LogP contribution is -2.48. The molecule has 88 valence electrons. The fourth-order valence-electron chi connectivity index (χ4n) is 2.05. The molecular formula is C11H17N3O2. The number of nitrogens with zero attached hydrogens (tertiary/aromatic N) is 2. The SMILES string of the molecule is Cn1ccnc1CCNC1CCC1C(=O)O. The molecule has 2 atom stereocenters. The first-order valence-electron chi connectivity index (χ1n) is 5.61. The number of hydrogen-bond acceptors (Lipinski definition) is 3. The Labute approximate surface area is 94.5 Å². The smallest absolute Gasteiger partial charge is 0.308 e. The van der Waals surface area contributed by atoms with Gasteiger partial charge in [0.2, 0.25) is 0 Å². The van der Waals surface area contributed by atoms with Gasteiger partial charge in [0.15, 0.2) is 0 Å². The Morgan fingerprint density at radius 2 is 2.50 bits per heavy atom. The first kappa shape index (κ1) is 11.1. The van der Waals surface area contributed by atoms with Gasteiger partial charge in [-0.1, -0.05) is 0 Å². The van der Waals surface area contributed by atoms with E-state index in [2.05, 4.69) is 10.3 Å². The van der Waals surface area contributed by atoms with Gasteiger partial charge in [0, 0.05) is 38.4 Å². The molecule has 1 aliphatic carbocycles. The summed E-state index contributed by atoms with van der Waals surface area (Å²) in [6, 6.07) is 0.151. The number of aromatic nitrogens is 2. The zero-order valence-corrected chi connectivity index (χ0v) is 9.39. The summed E-state index contributed by atoms with van der Waals surface area (Å²) in [4.78, 5) is 15.0. The van der Waals surface area contributed by atoms with Gasteiger partial charge in [-0.05, 0) is 12.8 Å². The molecule has 1 saturated carbocycles. The van der Waals surface area contributed by atoms with Gasteiger partial charge in [0.1, 0.15) is 5.82 Å². The third kappa shape index (κ3) is 2.24. The zero-order chi connectivity index (χ0) is 11.5. The van der Waals surface area contributed by atoms with Gasteiger partial charge in [0.25, 0.3) is 0 Å². The van der Waals surface area contributed by atoms with Crippen molar-refractivity contribution < 1.29 is 9.90 Å². The zero-order valence-electron chi connectivity index (χ0n) is 9.39. The van der Waals surface area contributed by atoms with Crippen LogP contribution >= 0.6 is 0 Å². The molecule has 5 nitrogen and oxygen atoms in total. The fraction of sp³-hybridized carbons (Fsp3) is 0.636. The van der Waals surface area contributed by atoms with Gasteiger partial charge < -0.3 is 15.0 Å². The summed E-state index contributed by atoms with van der Waals surface area (Å²) in [5.41, 5.74) is 0. The van der Waals surface area contributed by atoms with E-state index in [-0.39, 0.29) is 12.0 Å². The van der Waals surface area contributed by atoms with Crippen LogP contribution in [0.3, 0.4) is 0 Å². The van der Waals surface area contributed by atoms with Crippen molar-refractivity contribution in [1.82, 2.24) is 14.9 Å². The minimum Gasteiger partial charge on any atom is -0.481 e. The number of imidazole rings is 1. The van der Waals surface area contributed by atoms with Crippen molar-refractivity contribution in [2.75, 3.05) is 6.54 Å². The number of rotatable bonds is 5. The van der Waals surface area contributed by atoms with Crippen LogP contribution in [0.15, 0.2) is 12.4 Å². The average Bonchev–Trinajstić information content (AvgIpc) is 2.56. The number of aliphatic carboxylic acids is 1. The van der Waals surface area contributed by atoms with E-state index >= 15 is 0 Å². The molecule has 1 heterocycles. The van der Waals surface area contributed by atoms with E-state index in [0.717, 1.165) is 31.6 Å². The van der Waals surface area contributed by atoms with Gasteiger partial charge in [-0.3, -0.25) is 4.79 Å². The third-order valence-corrected chi connectivity index (χ3v) is 3.27. The topological polar surface area (TPSA) is 67.2 Å². The molecule has 0 saturated heterocycles. The summed E-state index contributed by atoms with van der Waals surface area (Å²) in [7, 11) is 1.96. The van der Waals surface area contributed by atoms with Crippen molar-refractivity contribution in [1.29, 1.82) is 0 Å². The average molecular weight is 223 g/mol. The van der Waals surface area contributed by atoms with Gasteiger partial charge in [-0.25, -0.2) is 4.98 Å². The van der Waals surface area contributed by atoms with E-state index in [1.54, 1.807) is 6.20 Å². The van der Waals surface area contributed by atoms with E-state index in [9.17, 15) is 4.79 Å². The van der Waals surface area contributed by atoms with Crippen LogP contribution in [0, 0.1) is 5.92 Å². The monoisotopic (exact) mass is 223 g/mol. The number of aryl methyl sites for hydroxylation is 1. The van der Waals surface area contributed by atoms with Crippen LogP contribution in [0.2, 0.25) is 0 Å². The summed E-state index contributed by atoms with van der Waals surface area (Å²) in [6.07, 6.45) is 6.30. The summed E-state index contributed by atoms with van der Waals surface area (Å²) in [5, 5.41) is 12.2. The van der Waals surface area contributed by atoms with Crippen LogP contribution in [-0.2, 0) is 18.3 Å². The van der Waals surface area contributed by atoms with Gasteiger partial charge in [0.05, 0.1) is 5.92 Å². The molecule has 1 aliphatic rings. The van der Waals surface area contributed by atoms with Crippen LogP contribution < -0.4 is 5.32 Å². The van der Waals surface area contributed by atoms with E-state index in [1.165, 1.54) is 0 Å². The van der Waals surface area contributed by atoms with Crippen molar-refractivity contribution in [2.24, 2.45) is 13.0 Å². The molecule has 2 N–H and O–H groups in total. The van der Waals surface area contributed by atoms with Gasteiger partial charge >= 0.3 is 5.97 Å². The van der Waals surface area contributed by atoms with E-state index < -0.39 is 5.97 Å². The second-order valence-corrected chi connectivity index (χ2v) is 4.29. The van der Waals surface area contributed by atoms with Crippen LogP contribution in [0.4, 0.5) is 0 Å².